The second-order valence-electron chi connectivity index (χ2n) is 16.8. The van der Waals surface area contributed by atoms with Crippen LogP contribution in [-0.2, 0) is 5.41 Å². The molecule has 2 aliphatic rings. The van der Waals surface area contributed by atoms with Crippen LogP contribution in [0.3, 0.4) is 0 Å². The van der Waals surface area contributed by atoms with Crippen molar-refractivity contribution < 1.29 is 4.74 Å². The molecule has 11 aromatic rings. The van der Waals surface area contributed by atoms with Crippen LogP contribution in [0, 0.1) is 11.3 Å². The van der Waals surface area contributed by atoms with Crippen molar-refractivity contribution in [3.05, 3.63) is 246 Å². The molecule has 0 fully saturated rings. The maximum Gasteiger partial charge on any atom is 0.160 e. The highest BCUT2D eigenvalue weighted by Gasteiger charge is 2.51. The Kier molecular flexibility index (Phi) is 8.12. The van der Waals surface area contributed by atoms with Crippen LogP contribution in [0.4, 0.5) is 0 Å². The Bertz CT molecular complexity index is 3650. The van der Waals surface area contributed by atoms with Gasteiger partial charge in [-0.3, -0.25) is 0 Å². The monoisotopic (exact) mass is 828 g/mol. The predicted octanol–water partition coefficient (Wildman–Crippen LogP) is 14.6. The molecule has 5 nitrogen and oxygen atoms in total. The summed E-state index contributed by atoms with van der Waals surface area (Å²) in [7, 11) is 0. The summed E-state index contributed by atoms with van der Waals surface area (Å²) in [6.45, 7) is 0. The van der Waals surface area contributed by atoms with Crippen LogP contribution in [0.5, 0.6) is 11.5 Å². The summed E-state index contributed by atoms with van der Waals surface area (Å²) in [6.07, 6.45) is 0. The largest absolute Gasteiger partial charge is 0.457 e. The van der Waals surface area contributed by atoms with E-state index in [0.29, 0.717) is 11.4 Å². The Labute approximate surface area is 375 Å². The molecule has 1 aliphatic heterocycles. The van der Waals surface area contributed by atoms with E-state index in [0.717, 1.165) is 89.3 Å². The first-order valence-electron chi connectivity index (χ1n) is 21.9. The van der Waals surface area contributed by atoms with Gasteiger partial charge in [0.05, 0.1) is 39.5 Å². The molecular formula is C60H36N4O. The van der Waals surface area contributed by atoms with Crippen molar-refractivity contribution in [3.8, 4) is 79.4 Å². The van der Waals surface area contributed by atoms with E-state index in [4.69, 9.17) is 14.7 Å². The lowest BCUT2D eigenvalue weighted by molar-refractivity contribution is 0.437. The minimum atomic E-state index is -0.643. The van der Waals surface area contributed by atoms with Crippen molar-refractivity contribution in [2.24, 2.45) is 0 Å². The summed E-state index contributed by atoms with van der Waals surface area (Å²) in [5, 5.41) is 12.1. The molecule has 0 atom stereocenters. The molecule has 65 heavy (non-hydrogen) atoms. The normalized spacial score (nSPS) is 12.8. The highest BCUT2D eigenvalue weighted by molar-refractivity contribution is 6.11. The number of nitriles is 1. The molecule has 0 N–H and O–H groups in total. The molecule has 5 heteroatoms. The van der Waals surface area contributed by atoms with Gasteiger partial charge in [0.2, 0.25) is 0 Å². The van der Waals surface area contributed by atoms with Crippen molar-refractivity contribution in [1.29, 1.82) is 5.26 Å². The Balaban J connectivity index is 1.02. The number of nitrogens with zero attached hydrogens (tertiary/aromatic N) is 4. The first-order chi connectivity index (χ1) is 32.2. The summed E-state index contributed by atoms with van der Waals surface area (Å²) < 4.78 is 9.48. The lowest BCUT2D eigenvalue weighted by Gasteiger charge is -2.39. The Hall–Kier alpha value is -8.85. The smallest absolute Gasteiger partial charge is 0.160 e. The van der Waals surface area contributed by atoms with E-state index in [1.54, 1.807) is 0 Å². The Morgan fingerprint density at radius 2 is 0.908 bits per heavy atom. The highest BCUT2D eigenvalue weighted by Crippen LogP contribution is 2.62. The van der Waals surface area contributed by atoms with Gasteiger partial charge in [-0.1, -0.05) is 158 Å². The molecule has 1 spiro atoms. The van der Waals surface area contributed by atoms with E-state index in [-0.39, 0.29) is 0 Å². The molecule has 3 heterocycles. The number of fused-ring (bicyclic) bond motifs is 12. The van der Waals surface area contributed by atoms with Gasteiger partial charge in [0.25, 0.3) is 0 Å². The van der Waals surface area contributed by atoms with Gasteiger partial charge < -0.3 is 9.30 Å². The predicted molar refractivity (Wildman–Crippen MR) is 260 cm³/mol. The Morgan fingerprint density at radius 1 is 0.415 bits per heavy atom. The molecule has 2 aromatic heterocycles. The van der Waals surface area contributed by atoms with Crippen LogP contribution in [0.15, 0.2) is 218 Å². The zero-order valence-corrected chi connectivity index (χ0v) is 35.0. The fourth-order valence-electron chi connectivity index (χ4n) is 10.4. The first-order valence-corrected chi connectivity index (χ1v) is 21.9. The van der Waals surface area contributed by atoms with E-state index >= 15 is 0 Å². The van der Waals surface area contributed by atoms with Crippen LogP contribution < -0.4 is 4.74 Å². The molecule has 0 radical (unpaired) electrons. The number of aromatic nitrogens is 3. The third-order valence-electron chi connectivity index (χ3n) is 13.3. The van der Waals surface area contributed by atoms with Crippen molar-refractivity contribution in [3.63, 3.8) is 0 Å². The minimum absolute atomic E-state index is 0.625. The van der Waals surface area contributed by atoms with Crippen LogP contribution in [0.1, 0.15) is 27.8 Å². The summed E-state index contributed by atoms with van der Waals surface area (Å²) >= 11 is 0. The fraction of sp³-hybridized carbons (Fsp3) is 0.0167. The molecule has 0 bridgehead atoms. The first kappa shape index (κ1) is 36.8. The van der Waals surface area contributed by atoms with Crippen LogP contribution in [-0.4, -0.2) is 14.5 Å². The summed E-state index contributed by atoms with van der Waals surface area (Å²) in [6, 6.07) is 78.9. The topological polar surface area (TPSA) is 63.7 Å². The molecule has 0 saturated heterocycles. The lowest BCUT2D eigenvalue weighted by Crippen LogP contribution is -2.32. The molecule has 302 valence electrons. The van der Waals surface area contributed by atoms with Gasteiger partial charge >= 0.3 is 0 Å². The van der Waals surface area contributed by atoms with Gasteiger partial charge in [-0.05, 0) is 94.0 Å². The molecule has 9 aromatic carbocycles. The molecule has 1 aliphatic carbocycles. The quantitative estimate of drug-likeness (QED) is 0.173. The van der Waals surface area contributed by atoms with Crippen LogP contribution >= 0.6 is 0 Å². The lowest BCUT2D eigenvalue weighted by atomic mass is 9.66. The summed E-state index contributed by atoms with van der Waals surface area (Å²) in [5.74, 6) is 2.18. The number of hydrogen-bond acceptors (Lipinski definition) is 4. The van der Waals surface area contributed by atoms with Crippen LogP contribution in [0.25, 0.3) is 83.6 Å². The van der Waals surface area contributed by atoms with Gasteiger partial charge in [0.15, 0.2) is 5.82 Å². The molecule has 13 rings (SSSR count). The second-order valence-corrected chi connectivity index (χ2v) is 16.8. The number of para-hydroxylation sites is 1. The average Bonchev–Trinajstić information content (AvgIpc) is 3.86. The number of hydrogen-bond donors (Lipinski definition) is 0. The molecule has 0 unspecified atom stereocenters. The van der Waals surface area contributed by atoms with E-state index < -0.39 is 5.41 Å². The van der Waals surface area contributed by atoms with Gasteiger partial charge in [-0.25, -0.2) is 9.97 Å². The highest BCUT2D eigenvalue weighted by atomic mass is 16.5. The number of rotatable bonds is 5. The standard InChI is InChI=1S/C60H36N4O/c61-37-38-24-30-55-47(32-38)48-33-41(27-31-56(48)64(55)44-18-8-3-9-19-44)42-25-28-51-57(34-42)65-58-35-43(26-29-52(58)60(51)49-22-12-10-20-45(49)46-21-11-13-23-50(46)60)59-62-53(39-14-4-1-5-15-39)36-54(63-59)40-16-6-2-7-17-40/h1-36H. The zero-order valence-electron chi connectivity index (χ0n) is 35.0. The number of ether oxygens (including phenoxy) is 1. The second kappa shape index (κ2) is 14.4. The molecule has 0 amide bonds. The van der Waals surface area contributed by atoms with E-state index in [9.17, 15) is 5.26 Å². The van der Waals surface area contributed by atoms with Crippen molar-refractivity contribution in [1.82, 2.24) is 14.5 Å². The van der Waals surface area contributed by atoms with Gasteiger partial charge in [-0.2, -0.15) is 5.26 Å². The third-order valence-corrected chi connectivity index (χ3v) is 13.3. The average molecular weight is 829 g/mol. The fourth-order valence-corrected chi connectivity index (χ4v) is 10.4. The van der Waals surface area contributed by atoms with Gasteiger partial charge in [-0.15, -0.1) is 0 Å². The van der Waals surface area contributed by atoms with Gasteiger partial charge in [0.1, 0.15) is 11.5 Å². The summed E-state index contributed by atoms with van der Waals surface area (Å²) in [4.78, 5) is 10.4. The zero-order chi connectivity index (χ0) is 43.1. The van der Waals surface area contributed by atoms with Crippen molar-refractivity contribution in [2.45, 2.75) is 5.41 Å². The minimum Gasteiger partial charge on any atom is -0.457 e. The van der Waals surface area contributed by atoms with Crippen LogP contribution in [0.2, 0.25) is 0 Å². The van der Waals surface area contributed by atoms with Gasteiger partial charge in [0, 0.05) is 44.3 Å². The van der Waals surface area contributed by atoms with Crippen molar-refractivity contribution in [2.75, 3.05) is 0 Å². The van der Waals surface area contributed by atoms with E-state index in [1.807, 2.05) is 54.6 Å². The molecular weight excluding hydrogens is 793 g/mol. The molecule has 0 saturated carbocycles. The van der Waals surface area contributed by atoms with E-state index in [2.05, 4.69) is 174 Å². The van der Waals surface area contributed by atoms with Crippen molar-refractivity contribution >= 4 is 21.8 Å². The SMILES string of the molecule is N#Cc1ccc2c(c1)c1cc(-c3ccc4c(c3)Oc3cc(-c5nc(-c6ccccc6)cc(-c6ccccc6)n5)ccc3C43c4ccccc4-c4ccccc43)ccc1n2-c1ccccc1. The number of benzene rings is 9. The van der Waals surface area contributed by atoms with E-state index in [1.165, 1.54) is 22.3 Å². The maximum absolute atomic E-state index is 9.94. The summed E-state index contributed by atoms with van der Waals surface area (Å²) in [5.41, 5.74) is 17.0. The Morgan fingerprint density at radius 3 is 1.52 bits per heavy atom. The maximum atomic E-state index is 9.94. The third kappa shape index (κ3) is 5.58.